The zero-order valence-corrected chi connectivity index (χ0v) is 14.5. The van der Waals surface area contributed by atoms with Crippen LogP contribution < -0.4 is 10.1 Å². The van der Waals surface area contributed by atoms with Crippen LogP contribution in [0.5, 0.6) is 5.75 Å². The number of anilines is 1. The highest BCUT2D eigenvalue weighted by Crippen LogP contribution is 2.20. The summed E-state index contributed by atoms with van der Waals surface area (Å²) in [6.07, 6.45) is 0. The molecule has 7 heteroatoms. The molecule has 0 aliphatic rings. The van der Waals surface area contributed by atoms with Crippen molar-refractivity contribution in [2.24, 2.45) is 0 Å². The van der Waals surface area contributed by atoms with Gasteiger partial charge in [0.25, 0.3) is 0 Å². The molecular weight excluding hydrogens is 316 g/mol. The number of aromatic nitrogens is 4. The van der Waals surface area contributed by atoms with E-state index in [1.54, 1.807) is 28.8 Å². The molecular formula is C18H20N6O. The van der Waals surface area contributed by atoms with Gasteiger partial charge in [-0.15, -0.1) is 15.3 Å². The van der Waals surface area contributed by atoms with E-state index in [0.717, 1.165) is 23.0 Å². The number of ether oxygens (including phenoxy) is 1. The molecule has 128 valence electrons. The van der Waals surface area contributed by atoms with Crippen LogP contribution in [0.4, 0.5) is 5.82 Å². The van der Waals surface area contributed by atoms with Crippen molar-refractivity contribution in [3.8, 4) is 11.8 Å². The molecule has 1 N–H and O–H groups in total. The van der Waals surface area contributed by atoms with Gasteiger partial charge in [0.1, 0.15) is 18.2 Å². The second-order valence-corrected chi connectivity index (χ2v) is 6.67. The molecule has 0 fully saturated rings. The SMILES string of the molecule is CC(C)(C)c1nnc2ccc(NCCOc3ccc(C#N)cc3)nn12. The lowest BCUT2D eigenvalue weighted by Gasteiger charge is -2.15. The number of fused-ring (bicyclic) bond motifs is 1. The lowest BCUT2D eigenvalue weighted by molar-refractivity contribution is 0.332. The van der Waals surface area contributed by atoms with Gasteiger partial charge in [0.2, 0.25) is 0 Å². The average Bonchev–Trinajstić information content (AvgIpc) is 3.03. The number of hydrogen-bond donors (Lipinski definition) is 1. The van der Waals surface area contributed by atoms with Crippen LogP contribution in [0.2, 0.25) is 0 Å². The van der Waals surface area contributed by atoms with Gasteiger partial charge in [-0.05, 0) is 36.4 Å². The Morgan fingerprint density at radius 3 is 2.56 bits per heavy atom. The van der Waals surface area contributed by atoms with Crippen molar-refractivity contribution in [1.82, 2.24) is 19.8 Å². The first kappa shape index (κ1) is 16.7. The predicted octanol–water partition coefficient (Wildman–Crippen LogP) is 2.78. The van der Waals surface area contributed by atoms with Gasteiger partial charge in [-0.2, -0.15) is 9.78 Å². The monoisotopic (exact) mass is 336 g/mol. The molecule has 2 heterocycles. The van der Waals surface area contributed by atoms with Crippen LogP contribution in [0.25, 0.3) is 5.65 Å². The molecule has 1 aromatic carbocycles. The second kappa shape index (κ2) is 6.77. The van der Waals surface area contributed by atoms with E-state index in [0.29, 0.717) is 18.7 Å². The Morgan fingerprint density at radius 2 is 1.88 bits per heavy atom. The molecule has 0 amide bonds. The highest BCUT2D eigenvalue weighted by molar-refractivity contribution is 5.44. The smallest absolute Gasteiger partial charge is 0.178 e. The molecule has 7 nitrogen and oxygen atoms in total. The zero-order valence-electron chi connectivity index (χ0n) is 14.5. The van der Waals surface area contributed by atoms with Crippen molar-refractivity contribution in [2.45, 2.75) is 26.2 Å². The van der Waals surface area contributed by atoms with Crippen LogP contribution in [0.15, 0.2) is 36.4 Å². The normalized spacial score (nSPS) is 11.3. The van der Waals surface area contributed by atoms with Crippen molar-refractivity contribution in [2.75, 3.05) is 18.5 Å². The maximum absolute atomic E-state index is 8.78. The van der Waals surface area contributed by atoms with Crippen molar-refractivity contribution in [1.29, 1.82) is 5.26 Å². The standard InChI is InChI=1S/C18H20N6O/c1-18(2,3)17-22-21-16-9-8-15(23-24(16)17)20-10-11-25-14-6-4-13(12-19)5-7-14/h4-9H,10-11H2,1-3H3,(H,20,23). The van der Waals surface area contributed by atoms with Crippen molar-refractivity contribution < 1.29 is 4.74 Å². The molecule has 0 atom stereocenters. The Labute approximate surface area is 146 Å². The van der Waals surface area contributed by atoms with Crippen LogP contribution in [-0.4, -0.2) is 33.0 Å². The van der Waals surface area contributed by atoms with Gasteiger partial charge in [-0.1, -0.05) is 20.8 Å². The number of rotatable bonds is 5. The third kappa shape index (κ3) is 3.86. The number of nitrogens with zero attached hydrogens (tertiary/aromatic N) is 5. The molecule has 0 unspecified atom stereocenters. The molecule has 0 aliphatic heterocycles. The Kier molecular flexibility index (Phi) is 4.52. The first-order chi connectivity index (χ1) is 12.0. The van der Waals surface area contributed by atoms with E-state index < -0.39 is 0 Å². The summed E-state index contributed by atoms with van der Waals surface area (Å²) in [6.45, 7) is 7.33. The lowest BCUT2D eigenvalue weighted by Crippen LogP contribution is -2.18. The first-order valence-corrected chi connectivity index (χ1v) is 8.07. The van der Waals surface area contributed by atoms with Crippen molar-refractivity contribution >= 4 is 11.5 Å². The molecule has 0 radical (unpaired) electrons. The van der Waals surface area contributed by atoms with E-state index in [1.807, 2.05) is 12.1 Å². The quantitative estimate of drug-likeness (QED) is 0.721. The summed E-state index contributed by atoms with van der Waals surface area (Å²) in [7, 11) is 0. The molecule has 0 saturated carbocycles. The fraction of sp³-hybridized carbons (Fsp3) is 0.333. The number of nitriles is 1. The lowest BCUT2D eigenvalue weighted by atomic mass is 9.96. The Morgan fingerprint density at radius 1 is 1.12 bits per heavy atom. The van der Waals surface area contributed by atoms with Crippen LogP contribution >= 0.6 is 0 Å². The van der Waals surface area contributed by atoms with Gasteiger partial charge in [0.05, 0.1) is 18.2 Å². The molecule has 25 heavy (non-hydrogen) atoms. The average molecular weight is 336 g/mol. The van der Waals surface area contributed by atoms with Gasteiger partial charge in [0, 0.05) is 5.41 Å². The Balaban J connectivity index is 1.60. The van der Waals surface area contributed by atoms with E-state index in [1.165, 1.54) is 0 Å². The first-order valence-electron chi connectivity index (χ1n) is 8.07. The zero-order chi connectivity index (χ0) is 17.9. The van der Waals surface area contributed by atoms with Gasteiger partial charge in [-0.3, -0.25) is 0 Å². The summed E-state index contributed by atoms with van der Waals surface area (Å²) in [6, 6.07) is 12.9. The minimum atomic E-state index is -0.135. The van der Waals surface area contributed by atoms with Gasteiger partial charge in [-0.25, -0.2) is 0 Å². The summed E-state index contributed by atoms with van der Waals surface area (Å²) in [5.41, 5.74) is 1.21. The largest absolute Gasteiger partial charge is 0.492 e. The molecule has 3 aromatic rings. The molecule has 3 rings (SSSR count). The number of benzene rings is 1. The summed E-state index contributed by atoms with van der Waals surface area (Å²) < 4.78 is 7.41. The third-order valence-corrected chi connectivity index (χ3v) is 3.59. The summed E-state index contributed by atoms with van der Waals surface area (Å²) in [5.74, 6) is 2.29. The molecule has 0 spiro atoms. The summed E-state index contributed by atoms with van der Waals surface area (Å²) >= 11 is 0. The van der Waals surface area contributed by atoms with E-state index >= 15 is 0 Å². The van der Waals surface area contributed by atoms with Crippen molar-refractivity contribution in [3.63, 3.8) is 0 Å². The second-order valence-electron chi connectivity index (χ2n) is 6.67. The Bertz CT molecular complexity index is 902. The Hall–Kier alpha value is -3.14. The number of nitrogens with one attached hydrogen (secondary N) is 1. The van der Waals surface area contributed by atoms with E-state index in [4.69, 9.17) is 10.00 Å². The fourth-order valence-corrected chi connectivity index (χ4v) is 2.32. The summed E-state index contributed by atoms with van der Waals surface area (Å²) in [5, 5.41) is 25.0. The summed E-state index contributed by atoms with van der Waals surface area (Å²) in [4.78, 5) is 0. The van der Waals surface area contributed by atoms with Gasteiger partial charge in [0.15, 0.2) is 11.5 Å². The maximum Gasteiger partial charge on any atom is 0.178 e. The minimum Gasteiger partial charge on any atom is -0.492 e. The fourth-order valence-electron chi connectivity index (χ4n) is 2.32. The van der Waals surface area contributed by atoms with Crippen LogP contribution in [-0.2, 0) is 5.41 Å². The van der Waals surface area contributed by atoms with Gasteiger partial charge >= 0.3 is 0 Å². The highest BCUT2D eigenvalue weighted by Gasteiger charge is 2.21. The highest BCUT2D eigenvalue weighted by atomic mass is 16.5. The molecule has 0 bridgehead atoms. The van der Waals surface area contributed by atoms with Crippen LogP contribution in [0.3, 0.4) is 0 Å². The van der Waals surface area contributed by atoms with E-state index in [2.05, 4.69) is 47.5 Å². The van der Waals surface area contributed by atoms with E-state index in [-0.39, 0.29) is 5.41 Å². The van der Waals surface area contributed by atoms with Gasteiger partial charge < -0.3 is 10.1 Å². The van der Waals surface area contributed by atoms with Crippen LogP contribution in [0, 0.1) is 11.3 Å². The van der Waals surface area contributed by atoms with Crippen molar-refractivity contribution in [3.05, 3.63) is 47.8 Å². The molecule has 0 saturated heterocycles. The molecule has 0 aliphatic carbocycles. The number of hydrogen-bond acceptors (Lipinski definition) is 6. The molecule has 2 aromatic heterocycles. The topological polar surface area (TPSA) is 88.1 Å². The van der Waals surface area contributed by atoms with E-state index in [9.17, 15) is 0 Å². The predicted molar refractivity (Wildman–Crippen MR) is 94.6 cm³/mol. The minimum absolute atomic E-state index is 0.135. The van der Waals surface area contributed by atoms with Crippen LogP contribution in [0.1, 0.15) is 32.2 Å². The maximum atomic E-state index is 8.78. The third-order valence-electron chi connectivity index (χ3n) is 3.59.